The summed E-state index contributed by atoms with van der Waals surface area (Å²) in [6, 6.07) is 7.81. The minimum absolute atomic E-state index is 0.226. The molecule has 17 heavy (non-hydrogen) atoms. The summed E-state index contributed by atoms with van der Waals surface area (Å²) in [5.41, 5.74) is 4.47. The molecule has 1 aliphatic rings. The average molecular weight is 226 g/mol. The lowest BCUT2D eigenvalue weighted by Gasteiger charge is -2.12. The van der Waals surface area contributed by atoms with Gasteiger partial charge >= 0.3 is 0 Å². The Kier molecular flexibility index (Phi) is 3.58. The first-order valence-corrected chi connectivity index (χ1v) is 6.12. The number of carbonyl (C=O) groups is 1. The molecule has 0 saturated heterocycles. The second kappa shape index (κ2) is 5.13. The fourth-order valence-corrected chi connectivity index (χ4v) is 2.19. The van der Waals surface area contributed by atoms with Gasteiger partial charge in [0.2, 0.25) is 0 Å². The highest BCUT2D eigenvalue weighted by Gasteiger charge is 2.12. The molecule has 1 aromatic carbocycles. The summed E-state index contributed by atoms with van der Waals surface area (Å²) >= 11 is 0. The van der Waals surface area contributed by atoms with Gasteiger partial charge in [0, 0.05) is 12.0 Å². The lowest BCUT2D eigenvalue weighted by Crippen LogP contribution is -2.04. The third-order valence-electron chi connectivity index (χ3n) is 3.35. The predicted octanol–water partition coefficient (Wildman–Crippen LogP) is 4.23. The molecule has 1 heteroatoms. The van der Waals surface area contributed by atoms with Crippen LogP contribution in [0.4, 0.5) is 0 Å². The first kappa shape index (κ1) is 11.8. The van der Waals surface area contributed by atoms with Crippen LogP contribution in [-0.2, 0) is 0 Å². The van der Waals surface area contributed by atoms with Crippen LogP contribution >= 0.6 is 0 Å². The van der Waals surface area contributed by atoms with Gasteiger partial charge < -0.3 is 0 Å². The first-order valence-electron chi connectivity index (χ1n) is 6.12. The SMILES string of the molecule is CC1=C(CC(=O)c2ccccc2C)C=CCC1. The fourth-order valence-electron chi connectivity index (χ4n) is 2.19. The van der Waals surface area contributed by atoms with Gasteiger partial charge in [0.15, 0.2) is 5.78 Å². The summed E-state index contributed by atoms with van der Waals surface area (Å²) < 4.78 is 0. The lowest BCUT2D eigenvalue weighted by molar-refractivity contribution is 0.0993. The minimum Gasteiger partial charge on any atom is -0.294 e. The van der Waals surface area contributed by atoms with Crippen molar-refractivity contribution >= 4 is 5.78 Å². The molecule has 0 aliphatic heterocycles. The Bertz CT molecular complexity index is 492. The van der Waals surface area contributed by atoms with Gasteiger partial charge in [0.25, 0.3) is 0 Å². The van der Waals surface area contributed by atoms with Gasteiger partial charge in [0.05, 0.1) is 0 Å². The van der Waals surface area contributed by atoms with E-state index < -0.39 is 0 Å². The van der Waals surface area contributed by atoms with Gasteiger partial charge in [-0.15, -0.1) is 0 Å². The van der Waals surface area contributed by atoms with Crippen LogP contribution in [0.2, 0.25) is 0 Å². The molecule has 2 rings (SSSR count). The number of hydrogen-bond acceptors (Lipinski definition) is 1. The molecule has 0 spiro atoms. The van der Waals surface area contributed by atoms with Crippen molar-refractivity contribution in [2.75, 3.05) is 0 Å². The molecule has 0 atom stereocenters. The van der Waals surface area contributed by atoms with Gasteiger partial charge in [-0.1, -0.05) is 42.0 Å². The third-order valence-corrected chi connectivity index (χ3v) is 3.35. The number of aryl methyl sites for hydroxylation is 1. The van der Waals surface area contributed by atoms with E-state index >= 15 is 0 Å². The molecular weight excluding hydrogens is 208 g/mol. The topological polar surface area (TPSA) is 17.1 Å². The summed E-state index contributed by atoms with van der Waals surface area (Å²) in [6.45, 7) is 4.12. The average Bonchev–Trinajstić information content (AvgIpc) is 2.32. The summed E-state index contributed by atoms with van der Waals surface area (Å²) in [7, 11) is 0. The quantitative estimate of drug-likeness (QED) is 0.705. The van der Waals surface area contributed by atoms with Crippen LogP contribution in [0.1, 0.15) is 42.1 Å². The minimum atomic E-state index is 0.226. The molecule has 1 aromatic rings. The monoisotopic (exact) mass is 226 g/mol. The zero-order valence-corrected chi connectivity index (χ0v) is 10.5. The van der Waals surface area contributed by atoms with E-state index in [1.165, 1.54) is 11.1 Å². The Labute approximate surface area is 103 Å². The van der Waals surface area contributed by atoms with E-state index in [4.69, 9.17) is 0 Å². The van der Waals surface area contributed by atoms with E-state index in [2.05, 4.69) is 19.1 Å². The van der Waals surface area contributed by atoms with Crippen LogP contribution in [0.5, 0.6) is 0 Å². The van der Waals surface area contributed by atoms with E-state index in [0.717, 1.165) is 24.0 Å². The van der Waals surface area contributed by atoms with Gasteiger partial charge in [0.1, 0.15) is 0 Å². The molecule has 0 heterocycles. The van der Waals surface area contributed by atoms with Crippen LogP contribution in [0, 0.1) is 6.92 Å². The number of allylic oxidation sites excluding steroid dienone is 4. The first-order chi connectivity index (χ1) is 8.18. The molecule has 0 radical (unpaired) electrons. The zero-order chi connectivity index (χ0) is 12.3. The van der Waals surface area contributed by atoms with Crippen molar-refractivity contribution < 1.29 is 4.79 Å². The molecule has 1 nitrogen and oxygen atoms in total. The van der Waals surface area contributed by atoms with Gasteiger partial charge in [-0.05, 0) is 37.8 Å². The van der Waals surface area contributed by atoms with Crippen LogP contribution in [-0.4, -0.2) is 5.78 Å². The molecule has 0 saturated carbocycles. The van der Waals surface area contributed by atoms with E-state index in [-0.39, 0.29) is 5.78 Å². The van der Waals surface area contributed by atoms with E-state index in [1.807, 2.05) is 31.2 Å². The normalized spacial score (nSPS) is 15.2. The highest BCUT2D eigenvalue weighted by atomic mass is 16.1. The second-order valence-electron chi connectivity index (χ2n) is 4.66. The summed E-state index contributed by atoms with van der Waals surface area (Å²) in [4.78, 5) is 12.2. The number of rotatable bonds is 3. The molecule has 0 bridgehead atoms. The number of Topliss-reactive ketones (excluding diaryl/α,β-unsaturated/α-hetero) is 1. The maximum atomic E-state index is 12.2. The van der Waals surface area contributed by atoms with Crippen molar-refractivity contribution in [2.45, 2.75) is 33.1 Å². The van der Waals surface area contributed by atoms with Gasteiger partial charge in [-0.3, -0.25) is 4.79 Å². The number of carbonyl (C=O) groups excluding carboxylic acids is 1. The molecule has 0 N–H and O–H groups in total. The fraction of sp³-hybridized carbons (Fsp3) is 0.312. The van der Waals surface area contributed by atoms with Crippen molar-refractivity contribution in [2.24, 2.45) is 0 Å². The number of ketones is 1. The Hall–Kier alpha value is -1.63. The largest absolute Gasteiger partial charge is 0.294 e. The van der Waals surface area contributed by atoms with E-state index in [9.17, 15) is 4.79 Å². The maximum absolute atomic E-state index is 12.2. The van der Waals surface area contributed by atoms with E-state index in [1.54, 1.807) is 0 Å². The molecule has 1 aliphatic carbocycles. The summed E-state index contributed by atoms with van der Waals surface area (Å²) in [6.07, 6.45) is 7.00. The third kappa shape index (κ3) is 2.73. The highest BCUT2D eigenvalue weighted by molar-refractivity contribution is 5.99. The maximum Gasteiger partial charge on any atom is 0.167 e. The van der Waals surface area contributed by atoms with Crippen LogP contribution < -0.4 is 0 Å². The van der Waals surface area contributed by atoms with Gasteiger partial charge in [-0.2, -0.15) is 0 Å². The Balaban J connectivity index is 2.18. The molecule has 0 unspecified atom stereocenters. The molecular formula is C16H18O. The number of hydrogen-bond donors (Lipinski definition) is 0. The second-order valence-corrected chi connectivity index (χ2v) is 4.66. The molecule has 0 amide bonds. The zero-order valence-electron chi connectivity index (χ0n) is 10.5. The van der Waals surface area contributed by atoms with Crippen molar-refractivity contribution in [1.29, 1.82) is 0 Å². The Morgan fingerprint density at radius 2 is 2.00 bits per heavy atom. The molecule has 88 valence electrons. The van der Waals surface area contributed by atoms with Crippen LogP contribution in [0.3, 0.4) is 0 Å². The summed E-state index contributed by atoms with van der Waals surface area (Å²) in [5.74, 6) is 0.226. The van der Waals surface area contributed by atoms with E-state index in [0.29, 0.717) is 6.42 Å². The smallest absolute Gasteiger partial charge is 0.167 e. The van der Waals surface area contributed by atoms with Crippen molar-refractivity contribution in [3.8, 4) is 0 Å². The van der Waals surface area contributed by atoms with Crippen molar-refractivity contribution in [3.63, 3.8) is 0 Å². The Morgan fingerprint density at radius 1 is 1.24 bits per heavy atom. The molecule has 0 fully saturated rings. The van der Waals surface area contributed by atoms with Gasteiger partial charge in [-0.25, -0.2) is 0 Å². The van der Waals surface area contributed by atoms with Crippen LogP contribution in [0.25, 0.3) is 0 Å². The van der Waals surface area contributed by atoms with Crippen LogP contribution in [0.15, 0.2) is 47.6 Å². The van der Waals surface area contributed by atoms with Crippen molar-refractivity contribution in [1.82, 2.24) is 0 Å². The van der Waals surface area contributed by atoms with Crippen molar-refractivity contribution in [3.05, 3.63) is 58.7 Å². The molecule has 0 aromatic heterocycles. The predicted molar refractivity (Wildman–Crippen MR) is 71.2 cm³/mol. The highest BCUT2D eigenvalue weighted by Crippen LogP contribution is 2.23. The standard InChI is InChI=1S/C16H18O/c1-12-7-3-5-9-14(12)11-16(17)15-10-6-4-8-13(15)2/h4-6,8-10H,3,7,11H2,1-2H3. The summed E-state index contributed by atoms with van der Waals surface area (Å²) in [5, 5.41) is 0. The lowest BCUT2D eigenvalue weighted by atomic mass is 9.92. The Morgan fingerprint density at radius 3 is 2.71 bits per heavy atom. The number of benzene rings is 1.